The number of thiazole rings is 2. The number of carbonyl (C=O) groups is 6. The summed E-state index contributed by atoms with van der Waals surface area (Å²) < 4.78 is 21.7. The number of ether oxygens (including phenoxy) is 1. The van der Waals surface area contributed by atoms with Crippen LogP contribution in [0.1, 0.15) is 112 Å². The number of hydrogen-bond donors (Lipinski definition) is 4. The Morgan fingerprint density at radius 1 is 0.740 bits per heavy atom. The zero-order chi connectivity index (χ0) is 54.9. The third-order valence-electron chi connectivity index (χ3n) is 15.6. The van der Waals surface area contributed by atoms with Crippen LogP contribution in [0.2, 0.25) is 0 Å². The Kier molecular flexibility index (Phi) is 16.7. The summed E-state index contributed by atoms with van der Waals surface area (Å²) in [5.41, 5.74) is 9.04. The molecule has 3 fully saturated rings. The first-order valence-corrected chi connectivity index (χ1v) is 28.4. The van der Waals surface area contributed by atoms with E-state index in [2.05, 4.69) is 25.9 Å². The average Bonchev–Trinajstić information content (AvgIpc) is 4.31. The molecule has 1 aliphatic carbocycles. The molecule has 0 unspecified atom stereocenters. The molecular formula is C58H69FN8O8S2. The number of aromatic nitrogens is 2. The van der Waals surface area contributed by atoms with Gasteiger partial charge in [-0.1, -0.05) is 89.2 Å². The second-order valence-electron chi connectivity index (χ2n) is 22.4. The van der Waals surface area contributed by atoms with Crippen molar-refractivity contribution in [1.29, 1.82) is 0 Å². The van der Waals surface area contributed by atoms with Crippen molar-refractivity contribution >= 4 is 58.1 Å². The van der Waals surface area contributed by atoms with Crippen LogP contribution in [-0.2, 0) is 48.3 Å². The van der Waals surface area contributed by atoms with Crippen LogP contribution in [0.4, 0.5) is 4.39 Å². The van der Waals surface area contributed by atoms with Crippen molar-refractivity contribution in [3.05, 3.63) is 117 Å². The molecule has 77 heavy (non-hydrogen) atoms. The van der Waals surface area contributed by atoms with E-state index in [1.54, 1.807) is 34.3 Å². The summed E-state index contributed by atoms with van der Waals surface area (Å²) in [5, 5.41) is 19.8. The van der Waals surface area contributed by atoms with E-state index >= 15 is 0 Å². The molecule has 4 aliphatic rings. The molecule has 3 aromatic carbocycles. The molecule has 16 nitrogen and oxygen atoms in total. The van der Waals surface area contributed by atoms with Gasteiger partial charge in [0.1, 0.15) is 30.0 Å². The molecule has 1 saturated carbocycles. The lowest BCUT2D eigenvalue weighted by Gasteiger charge is -2.37. The Balaban J connectivity index is 0.824. The summed E-state index contributed by atoms with van der Waals surface area (Å²) >= 11 is 3.12. The Labute approximate surface area is 457 Å². The molecule has 9 rings (SSSR count). The third-order valence-corrected chi connectivity index (χ3v) is 17.5. The van der Waals surface area contributed by atoms with Crippen LogP contribution in [0, 0.1) is 36.9 Å². The lowest BCUT2D eigenvalue weighted by Crippen LogP contribution is -2.58. The molecule has 6 amide bonds. The van der Waals surface area contributed by atoms with Crippen molar-refractivity contribution in [3.8, 4) is 20.9 Å². The maximum Gasteiger partial charge on any atom is 0.255 e. The SMILES string of the molecule is Cc1ncsc1-c1ccc(CNC(=O)[C@@H]2C[C@@H](OC3CCC(C(=O)N[C@H](C(=O)N4C[C@H](O)C[C@H]4C(=O)NCc4ccc(-c5scnc5C)cc4)C(C)(C)C)CC3)CN2C(=O)[C@H](C(C)C)N2Cc3c(F)cccc3C2=O)cc1. The number of halogens is 1. The number of hydrogen-bond acceptors (Lipinski definition) is 12. The molecule has 3 aliphatic heterocycles. The summed E-state index contributed by atoms with van der Waals surface area (Å²) in [5.74, 6) is -3.63. The molecule has 2 aromatic heterocycles. The van der Waals surface area contributed by atoms with E-state index in [1.165, 1.54) is 26.8 Å². The van der Waals surface area contributed by atoms with E-state index < -0.39 is 71.2 Å². The van der Waals surface area contributed by atoms with Crippen LogP contribution in [0.25, 0.3) is 20.9 Å². The van der Waals surface area contributed by atoms with Crippen LogP contribution in [0.15, 0.2) is 77.8 Å². The summed E-state index contributed by atoms with van der Waals surface area (Å²) in [6, 6.07) is 16.3. The zero-order valence-corrected chi connectivity index (χ0v) is 46.3. The van der Waals surface area contributed by atoms with Gasteiger partial charge in [-0.3, -0.25) is 28.8 Å². The van der Waals surface area contributed by atoms with Crippen molar-refractivity contribution in [1.82, 2.24) is 40.6 Å². The van der Waals surface area contributed by atoms with E-state index in [-0.39, 0.29) is 86.4 Å². The summed E-state index contributed by atoms with van der Waals surface area (Å²) in [4.78, 5) is 100. The minimum Gasteiger partial charge on any atom is -0.391 e. The maximum absolute atomic E-state index is 15.0. The number of aryl methyl sites for hydroxylation is 2. The molecule has 6 atom stereocenters. The van der Waals surface area contributed by atoms with Crippen LogP contribution in [0.5, 0.6) is 0 Å². The minimum absolute atomic E-state index is 0.0394. The predicted molar refractivity (Wildman–Crippen MR) is 291 cm³/mol. The fraction of sp³-hybridized carbons (Fsp3) is 0.483. The van der Waals surface area contributed by atoms with Gasteiger partial charge in [-0.25, -0.2) is 14.4 Å². The van der Waals surface area contributed by atoms with Gasteiger partial charge in [-0.2, -0.15) is 0 Å². The van der Waals surface area contributed by atoms with E-state index in [4.69, 9.17) is 4.74 Å². The number of nitrogens with one attached hydrogen (secondary N) is 3. The van der Waals surface area contributed by atoms with Gasteiger partial charge in [-0.05, 0) is 85.3 Å². The zero-order valence-electron chi connectivity index (χ0n) is 44.7. The monoisotopic (exact) mass is 1090 g/mol. The molecule has 5 aromatic rings. The lowest BCUT2D eigenvalue weighted by atomic mass is 9.83. The second-order valence-corrected chi connectivity index (χ2v) is 24.1. The smallest absolute Gasteiger partial charge is 0.255 e. The highest BCUT2D eigenvalue weighted by atomic mass is 32.1. The number of rotatable bonds is 16. The van der Waals surface area contributed by atoms with Gasteiger partial charge in [0.05, 0.1) is 57.0 Å². The highest BCUT2D eigenvalue weighted by Gasteiger charge is 2.49. The van der Waals surface area contributed by atoms with Crippen molar-refractivity contribution in [2.75, 3.05) is 13.1 Å². The van der Waals surface area contributed by atoms with E-state index in [1.807, 2.05) is 103 Å². The van der Waals surface area contributed by atoms with Crippen molar-refractivity contribution in [3.63, 3.8) is 0 Å². The Hall–Kier alpha value is -6.41. The first-order chi connectivity index (χ1) is 36.7. The normalized spacial score (nSPS) is 22.3. The first-order valence-electron chi connectivity index (χ1n) is 26.6. The molecule has 4 N–H and O–H groups in total. The number of aliphatic hydroxyl groups is 1. The average molecular weight is 1090 g/mol. The Bertz CT molecular complexity index is 2990. The van der Waals surface area contributed by atoms with Gasteiger partial charge in [0.25, 0.3) is 5.91 Å². The van der Waals surface area contributed by atoms with Gasteiger partial charge >= 0.3 is 0 Å². The van der Waals surface area contributed by atoms with Gasteiger partial charge in [0, 0.05) is 56.1 Å². The van der Waals surface area contributed by atoms with Crippen LogP contribution in [-0.4, -0.2) is 121 Å². The largest absolute Gasteiger partial charge is 0.391 e. The van der Waals surface area contributed by atoms with Crippen molar-refractivity contribution < 1.29 is 43.0 Å². The van der Waals surface area contributed by atoms with Gasteiger partial charge in [0.2, 0.25) is 29.5 Å². The maximum atomic E-state index is 15.0. The highest BCUT2D eigenvalue weighted by Crippen LogP contribution is 2.36. The number of carbonyl (C=O) groups excluding carboxylic acids is 6. The number of benzene rings is 3. The summed E-state index contributed by atoms with van der Waals surface area (Å²) in [6.07, 6.45) is 0.502. The number of aliphatic hydroxyl groups excluding tert-OH is 1. The molecule has 0 radical (unpaired) electrons. The topological polar surface area (TPSA) is 203 Å². The second kappa shape index (κ2) is 23.3. The predicted octanol–water partition coefficient (Wildman–Crippen LogP) is 7.34. The van der Waals surface area contributed by atoms with Crippen LogP contribution >= 0.6 is 22.7 Å². The summed E-state index contributed by atoms with van der Waals surface area (Å²) in [7, 11) is 0. The lowest BCUT2D eigenvalue weighted by molar-refractivity contribution is -0.145. The van der Waals surface area contributed by atoms with Crippen LogP contribution < -0.4 is 16.0 Å². The highest BCUT2D eigenvalue weighted by molar-refractivity contribution is 7.13. The molecule has 0 bridgehead atoms. The number of amides is 6. The number of likely N-dealkylation sites (tertiary alicyclic amines) is 2. The number of β-amino-alcohol motifs (C(OH)–C–C–N with tert-alkyl or cyclic N) is 1. The molecule has 2 saturated heterocycles. The standard InChI is InChI=1S/C58H69FN8O8S2/c1-32(2)48(67-29-44-43(55(67)72)9-8-10-45(44)59)56(73)66-28-42(24-47(66)54(71)61-26-36-13-17-38(18-14-36)50-34(4)63-31-77-50)75-41-21-19-39(20-22-41)52(69)64-51(58(5,6)7)57(74)65-27-40(68)23-46(65)53(70)60-25-35-11-15-37(16-12-35)49-33(3)62-30-76-49/h8-18,30-32,39-42,46-48,51,68H,19-29H2,1-7H3,(H,60,70)(H,61,71)(H,64,69)/t39?,40-,41?,42-,46+,47+,48+,51-/m1/s1. The molecule has 0 spiro atoms. The Morgan fingerprint density at radius 3 is 1.79 bits per heavy atom. The fourth-order valence-corrected chi connectivity index (χ4v) is 12.9. The van der Waals surface area contributed by atoms with E-state index in [0.717, 1.165) is 43.4 Å². The van der Waals surface area contributed by atoms with E-state index in [0.29, 0.717) is 25.7 Å². The number of nitrogens with zero attached hydrogens (tertiary/aromatic N) is 5. The molecule has 5 heterocycles. The summed E-state index contributed by atoms with van der Waals surface area (Å²) in [6.45, 7) is 13.6. The fourth-order valence-electron chi connectivity index (χ4n) is 11.3. The van der Waals surface area contributed by atoms with Gasteiger partial charge < -0.3 is 40.5 Å². The third kappa shape index (κ3) is 12.2. The molecule has 408 valence electrons. The molecular weight excluding hydrogens is 1020 g/mol. The van der Waals surface area contributed by atoms with Gasteiger partial charge in [0.15, 0.2) is 0 Å². The van der Waals surface area contributed by atoms with Crippen molar-refractivity contribution in [2.45, 2.75) is 149 Å². The van der Waals surface area contributed by atoms with Crippen molar-refractivity contribution in [2.24, 2.45) is 17.3 Å². The molecule has 19 heteroatoms. The number of fused-ring (bicyclic) bond motifs is 1. The van der Waals surface area contributed by atoms with Crippen LogP contribution in [0.3, 0.4) is 0 Å². The first kappa shape index (κ1) is 55.3. The van der Waals surface area contributed by atoms with Gasteiger partial charge in [-0.15, -0.1) is 22.7 Å². The quantitative estimate of drug-likeness (QED) is 0.0775. The minimum atomic E-state index is -0.983. The Morgan fingerprint density at radius 2 is 1.29 bits per heavy atom. The van der Waals surface area contributed by atoms with E-state index in [9.17, 15) is 38.3 Å².